The first kappa shape index (κ1) is 17.7. The molecule has 0 heterocycles. The van der Waals surface area contributed by atoms with Gasteiger partial charge in [0.25, 0.3) is 0 Å². The molecule has 0 radical (unpaired) electrons. The lowest BCUT2D eigenvalue weighted by atomic mass is 10.1. The predicted molar refractivity (Wildman–Crippen MR) is 74.2 cm³/mol. The molecule has 0 saturated heterocycles. The van der Waals surface area contributed by atoms with Crippen molar-refractivity contribution in [3.05, 3.63) is 0 Å². The third kappa shape index (κ3) is 6.45. The summed E-state index contributed by atoms with van der Waals surface area (Å²) in [5, 5.41) is 9.32. The fourth-order valence-corrected chi connectivity index (χ4v) is 1.79. The van der Waals surface area contributed by atoms with Crippen molar-refractivity contribution in [2.45, 2.75) is 78.5 Å². The van der Waals surface area contributed by atoms with Crippen molar-refractivity contribution in [1.82, 2.24) is 4.90 Å². The molecule has 1 atom stereocenters. The van der Waals surface area contributed by atoms with E-state index in [1.165, 1.54) is 4.90 Å². The second kappa shape index (κ2) is 7.36. The van der Waals surface area contributed by atoms with E-state index in [1.807, 2.05) is 6.92 Å². The summed E-state index contributed by atoms with van der Waals surface area (Å²) in [5.41, 5.74) is -0.627. The van der Waals surface area contributed by atoms with Crippen LogP contribution >= 0.6 is 0 Å². The second-order valence-electron chi connectivity index (χ2n) is 5.98. The zero-order valence-electron chi connectivity index (χ0n) is 12.9. The lowest BCUT2D eigenvalue weighted by Crippen LogP contribution is -2.50. The predicted octanol–water partition coefficient (Wildman–Crippen LogP) is 3.28. The third-order valence-corrected chi connectivity index (χ3v) is 2.61. The molecule has 0 fully saturated rings. The number of carboxylic acid groups (broad SMARTS) is 1. The minimum absolute atomic E-state index is 0.215. The smallest absolute Gasteiger partial charge is 0.411 e. The van der Waals surface area contributed by atoms with Crippen LogP contribution in [0, 0.1) is 0 Å². The van der Waals surface area contributed by atoms with Gasteiger partial charge in [0.1, 0.15) is 11.6 Å². The first-order valence-corrected chi connectivity index (χ1v) is 6.84. The molecule has 1 amide bonds. The molecular weight excluding hydrogens is 246 g/mol. The van der Waals surface area contributed by atoms with Crippen LogP contribution in [0.4, 0.5) is 4.79 Å². The Morgan fingerprint density at radius 2 is 1.79 bits per heavy atom. The van der Waals surface area contributed by atoms with Gasteiger partial charge in [-0.25, -0.2) is 9.59 Å². The highest BCUT2D eigenvalue weighted by atomic mass is 16.6. The molecular formula is C14H27NO4. The number of aliphatic carboxylic acids is 1. The number of carbonyl (C=O) groups is 2. The molecule has 0 aliphatic heterocycles. The average molecular weight is 273 g/mol. The van der Waals surface area contributed by atoms with Gasteiger partial charge in [0.05, 0.1) is 0 Å². The molecule has 0 rings (SSSR count). The Balaban J connectivity index is 5.03. The maximum Gasteiger partial charge on any atom is 0.411 e. The molecule has 0 spiro atoms. The Kier molecular flexibility index (Phi) is 6.87. The number of carbonyl (C=O) groups excluding carboxylic acids is 1. The maximum absolute atomic E-state index is 12.1. The van der Waals surface area contributed by atoms with Crippen LogP contribution in [0.2, 0.25) is 0 Å². The number of hydrogen-bond acceptors (Lipinski definition) is 3. The van der Waals surface area contributed by atoms with Crippen LogP contribution in [0.1, 0.15) is 60.8 Å². The summed E-state index contributed by atoms with van der Waals surface area (Å²) in [6.45, 7) is 10.9. The third-order valence-electron chi connectivity index (χ3n) is 2.61. The molecule has 19 heavy (non-hydrogen) atoms. The lowest BCUT2D eigenvalue weighted by molar-refractivity contribution is -0.144. The summed E-state index contributed by atoms with van der Waals surface area (Å²) >= 11 is 0. The van der Waals surface area contributed by atoms with Crippen LogP contribution in [-0.4, -0.2) is 39.8 Å². The van der Waals surface area contributed by atoms with Gasteiger partial charge in [-0.1, -0.05) is 19.8 Å². The zero-order chi connectivity index (χ0) is 15.2. The van der Waals surface area contributed by atoms with Crippen molar-refractivity contribution < 1.29 is 19.4 Å². The van der Waals surface area contributed by atoms with Crippen LogP contribution in [0.15, 0.2) is 0 Å². The SMILES string of the molecule is CCCCC(C(=O)O)N(C(=O)OC(C)(C)C)C(C)C. The first-order chi connectivity index (χ1) is 8.60. The number of carboxylic acids is 1. The average Bonchev–Trinajstić information content (AvgIpc) is 2.19. The van der Waals surface area contributed by atoms with E-state index in [0.717, 1.165) is 12.8 Å². The van der Waals surface area contributed by atoms with E-state index in [-0.39, 0.29) is 6.04 Å². The van der Waals surface area contributed by atoms with E-state index in [0.29, 0.717) is 6.42 Å². The van der Waals surface area contributed by atoms with Crippen LogP contribution in [0.25, 0.3) is 0 Å². The summed E-state index contributed by atoms with van der Waals surface area (Å²) in [6.07, 6.45) is 1.54. The van der Waals surface area contributed by atoms with E-state index >= 15 is 0 Å². The molecule has 5 nitrogen and oxygen atoms in total. The largest absolute Gasteiger partial charge is 0.480 e. The Labute approximate surface area is 115 Å². The van der Waals surface area contributed by atoms with Gasteiger partial charge in [-0.15, -0.1) is 0 Å². The normalized spacial score (nSPS) is 13.2. The van der Waals surface area contributed by atoms with Gasteiger partial charge in [0.2, 0.25) is 0 Å². The molecule has 0 aromatic carbocycles. The van der Waals surface area contributed by atoms with Crippen molar-refractivity contribution in [2.75, 3.05) is 0 Å². The van der Waals surface area contributed by atoms with E-state index < -0.39 is 23.7 Å². The van der Waals surface area contributed by atoms with Crippen molar-refractivity contribution in [3.8, 4) is 0 Å². The van der Waals surface area contributed by atoms with Gasteiger partial charge in [-0.2, -0.15) is 0 Å². The monoisotopic (exact) mass is 273 g/mol. The fraction of sp³-hybridized carbons (Fsp3) is 0.857. The first-order valence-electron chi connectivity index (χ1n) is 6.84. The Hall–Kier alpha value is -1.26. The quantitative estimate of drug-likeness (QED) is 0.806. The standard InChI is InChI=1S/C14H27NO4/c1-7-8-9-11(12(16)17)15(10(2)3)13(18)19-14(4,5)6/h10-11H,7-9H2,1-6H3,(H,16,17). The van der Waals surface area contributed by atoms with Gasteiger partial charge in [-0.3, -0.25) is 4.90 Å². The number of amides is 1. The topological polar surface area (TPSA) is 66.8 Å². The molecule has 1 N–H and O–H groups in total. The Morgan fingerprint density at radius 3 is 2.11 bits per heavy atom. The maximum atomic E-state index is 12.1. The van der Waals surface area contributed by atoms with Gasteiger partial charge >= 0.3 is 12.1 Å². The summed E-state index contributed by atoms with van der Waals surface area (Å²) in [4.78, 5) is 24.8. The lowest BCUT2D eigenvalue weighted by Gasteiger charge is -2.34. The number of unbranched alkanes of at least 4 members (excludes halogenated alkanes) is 1. The number of ether oxygens (including phenoxy) is 1. The summed E-state index contributed by atoms with van der Waals surface area (Å²) in [6, 6.07) is -1.04. The highest BCUT2D eigenvalue weighted by molar-refractivity contribution is 5.80. The minimum atomic E-state index is -0.979. The fourth-order valence-electron chi connectivity index (χ4n) is 1.79. The number of rotatable bonds is 6. The highest BCUT2D eigenvalue weighted by Gasteiger charge is 2.34. The second-order valence-corrected chi connectivity index (χ2v) is 5.98. The molecule has 0 bridgehead atoms. The minimum Gasteiger partial charge on any atom is -0.480 e. The van der Waals surface area contributed by atoms with E-state index in [9.17, 15) is 14.7 Å². The van der Waals surface area contributed by atoms with Crippen LogP contribution in [-0.2, 0) is 9.53 Å². The van der Waals surface area contributed by atoms with Gasteiger partial charge in [-0.05, 0) is 41.0 Å². The molecule has 0 aromatic heterocycles. The van der Waals surface area contributed by atoms with E-state index in [1.54, 1.807) is 34.6 Å². The Bertz CT molecular complexity index is 307. The molecule has 0 saturated carbocycles. The molecule has 5 heteroatoms. The summed E-state index contributed by atoms with van der Waals surface area (Å²) in [5.74, 6) is -0.979. The van der Waals surface area contributed by atoms with Crippen LogP contribution < -0.4 is 0 Å². The van der Waals surface area contributed by atoms with Gasteiger partial charge in [0, 0.05) is 6.04 Å². The Morgan fingerprint density at radius 1 is 1.26 bits per heavy atom. The van der Waals surface area contributed by atoms with Crippen molar-refractivity contribution in [1.29, 1.82) is 0 Å². The molecule has 1 unspecified atom stereocenters. The summed E-state index contributed by atoms with van der Waals surface area (Å²) in [7, 11) is 0. The number of nitrogens with zero attached hydrogens (tertiary/aromatic N) is 1. The molecule has 0 aliphatic rings. The number of hydrogen-bond donors (Lipinski definition) is 1. The van der Waals surface area contributed by atoms with Crippen molar-refractivity contribution in [3.63, 3.8) is 0 Å². The molecule has 0 aromatic rings. The molecule has 112 valence electrons. The summed E-state index contributed by atoms with van der Waals surface area (Å²) < 4.78 is 5.30. The van der Waals surface area contributed by atoms with Gasteiger partial charge in [0.15, 0.2) is 0 Å². The van der Waals surface area contributed by atoms with Gasteiger partial charge < -0.3 is 9.84 Å². The van der Waals surface area contributed by atoms with Crippen molar-refractivity contribution in [2.24, 2.45) is 0 Å². The van der Waals surface area contributed by atoms with Crippen LogP contribution in [0.5, 0.6) is 0 Å². The zero-order valence-corrected chi connectivity index (χ0v) is 12.9. The van der Waals surface area contributed by atoms with E-state index in [2.05, 4.69) is 0 Å². The molecule has 0 aliphatic carbocycles. The highest BCUT2D eigenvalue weighted by Crippen LogP contribution is 2.18. The van der Waals surface area contributed by atoms with Crippen molar-refractivity contribution >= 4 is 12.1 Å². The van der Waals surface area contributed by atoms with Crippen LogP contribution in [0.3, 0.4) is 0 Å². The van der Waals surface area contributed by atoms with E-state index in [4.69, 9.17) is 4.74 Å².